The minimum atomic E-state index is -1.48. The summed E-state index contributed by atoms with van der Waals surface area (Å²) in [6, 6.07) is 1.75. The minimum absolute atomic E-state index is 0.0447. The lowest BCUT2D eigenvalue weighted by Gasteiger charge is -2.45. The lowest BCUT2D eigenvalue weighted by atomic mass is 9.81. The summed E-state index contributed by atoms with van der Waals surface area (Å²) in [5.74, 6) is -4.00. The number of rotatable bonds is 3. The predicted molar refractivity (Wildman–Crippen MR) is 111 cm³/mol. The summed E-state index contributed by atoms with van der Waals surface area (Å²) in [7, 11) is 3.54. The van der Waals surface area contributed by atoms with Crippen LogP contribution in [0.25, 0.3) is 11.3 Å². The van der Waals surface area contributed by atoms with Crippen molar-refractivity contribution in [1.29, 1.82) is 0 Å². The fourth-order valence-electron chi connectivity index (χ4n) is 5.40. The molecule has 9 heteroatoms. The van der Waals surface area contributed by atoms with Gasteiger partial charge in [-0.1, -0.05) is 6.92 Å². The molecule has 0 aliphatic carbocycles. The van der Waals surface area contributed by atoms with Crippen molar-refractivity contribution >= 4 is 5.91 Å². The van der Waals surface area contributed by atoms with Gasteiger partial charge in [0.15, 0.2) is 17.5 Å². The first-order valence-electron chi connectivity index (χ1n) is 10.9. The maximum atomic E-state index is 13.9. The molecule has 5 rings (SSSR count). The first kappa shape index (κ1) is 20.8. The second-order valence-corrected chi connectivity index (χ2v) is 8.59. The van der Waals surface area contributed by atoms with Gasteiger partial charge in [-0.25, -0.2) is 13.2 Å². The summed E-state index contributed by atoms with van der Waals surface area (Å²) in [5.41, 5.74) is 3.93. The normalized spacial score (nSPS) is 19.9. The molecule has 2 aliphatic rings. The Morgan fingerprint density at radius 1 is 1.12 bits per heavy atom. The SMILES string of the molecule is CCc1c(C(=O)N2[C@@H]3CCC[C@H]2c2nn(C)c(-c4cc(F)c(F)c(F)c4)c2C3)cnn1C. The molecule has 1 aromatic carbocycles. The molecule has 32 heavy (non-hydrogen) atoms. The van der Waals surface area contributed by atoms with E-state index in [1.165, 1.54) is 0 Å². The third kappa shape index (κ3) is 2.97. The molecule has 2 aliphatic heterocycles. The number of carbonyl (C=O) groups is 1. The number of aromatic nitrogens is 4. The van der Waals surface area contributed by atoms with Gasteiger partial charge in [0.05, 0.1) is 34.9 Å². The quantitative estimate of drug-likeness (QED) is 0.573. The summed E-state index contributed by atoms with van der Waals surface area (Å²) in [6.45, 7) is 1.99. The van der Waals surface area contributed by atoms with E-state index in [1.807, 2.05) is 18.9 Å². The van der Waals surface area contributed by atoms with E-state index in [4.69, 9.17) is 0 Å². The van der Waals surface area contributed by atoms with E-state index in [0.717, 1.165) is 48.3 Å². The fourth-order valence-corrected chi connectivity index (χ4v) is 5.40. The highest BCUT2D eigenvalue weighted by Crippen LogP contribution is 2.45. The molecule has 0 N–H and O–H groups in total. The molecular weight excluding hydrogens is 419 g/mol. The maximum absolute atomic E-state index is 13.9. The molecule has 0 saturated carbocycles. The first-order chi connectivity index (χ1) is 15.3. The maximum Gasteiger partial charge on any atom is 0.258 e. The second kappa shape index (κ2) is 7.50. The Bertz CT molecular complexity index is 1210. The average molecular weight is 443 g/mol. The Morgan fingerprint density at radius 3 is 2.53 bits per heavy atom. The Kier molecular flexibility index (Phi) is 4.87. The number of piperidine rings is 1. The van der Waals surface area contributed by atoms with Crippen LogP contribution in [0.15, 0.2) is 18.3 Å². The molecule has 2 atom stereocenters. The molecule has 1 amide bonds. The minimum Gasteiger partial charge on any atom is -0.327 e. The van der Waals surface area contributed by atoms with Gasteiger partial charge in [-0.05, 0) is 44.2 Å². The standard InChI is InChI=1S/C23H24F3N5O/c1-4-18-15(11-27-29(18)2)23(32)31-13-6-5-7-19(31)21-14(10-13)22(30(3)28-21)12-8-16(24)20(26)17(25)9-12/h8-9,11,13,19H,4-7,10H2,1-3H3/t13-,19+/m1/s1. The van der Waals surface area contributed by atoms with E-state index >= 15 is 0 Å². The molecule has 0 unspecified atom stereocenters. The van der Waals surface area contributed by atoms with E-state index in [9.17, 15) is 18.0 Å². The summed E-state index contributed by atoms with van der Waals surface area (Å²) in [5, 5.41) is 8.94. The molecule has 4 heterocycles. The van der Waals surface area contributed by atoms with Crippen LogP contribution >= 0.6 is 0 Å². The van der Waals surface area contributed by atoms with Crippen LogP contribution in [0.4, 0.5) is 13.2 Å². The van der Waals surface area contributed by atoms with Crippen molar-refractivity contribution in [3.63, 3.8) is 0 Å². The molecule has 3 aromatic rings. The number of nitrogens with zero attached hydrogens (tertiary/aromatic N) is 5. The molecule has 168 valence electrons. The zero-order valence-corrected chi connectivity index (χ0v) is 18.2. The molecule has 1 fully saturated rings. The zero-order chi connectivity index (χ0) is 22.7. The van der Waals surface area contributed by atoms with Gasteiger partial charge >= 0.3 is 0 Å². The van der Waals surface area contributed by atoms with Gasteiger partial charge in [-0.3, -0.25) is 14.2 Å². The third-order valence-corrected chi connectivity index (χ3v) is 6.79. The van der Waals surface area contributed by atoms with Crippen molar-refractivity contribution in [3.8, 4) is 11.3 Å². The number of hydrogen-bond donors (Lipinski definition) is 0. The lowest BCUT2D eigenvalue weighted by molar-refractivity contribution is 0.0390. The largest absolute Gasteiger partial charge is 0.327 e. The highest BCUT2D eigenvalue weighted by atomic mass is 19.2. The molecule has 1 saturated heterocycles. The van der Waals surface area contributed by atoms with Gasteiger partial charge in [0.1, 0.15) is 0 Å². The highest BCUT2D eigenvalue weighted by molar-refractivity contribution is 5.96. The van der Waals surface area contributed by atoms with Gasteiger partial charge in [0, 0.05) is 31.3 Å². The van der Waals surface area contributed by atoms with Crippen LogP contribution in [0.1, 0.15) is 59.5 Å². The van der Waals surface area contributed by atoms with Crippen LogP contribution in [-0.2, 0) is 26.9 Å². The highest BCUT2D eigenvalue weighted by Gasteiger charge is 2.44. The Hall–Kier alpha value is -3.10. The Labute approximate surface area is 183 Å². The van der Waals surface area contributed by atoms with E-state index in [1.54, 1.807) is 22.6 Å². The zero-order valence-electron chi connectivity index (χ0n) is 18.2. The Balaban J connectivity index is 1.60. The average Bonchev–Trinajstić information content (AvgIpc) is 3.29. The Morgan fingerprint density at radius 2 is 1.84 bits per heavy atom. The molecule has 2 bridgehead atoms. The number of aryl methyl sites for hydroxylation is 2. The topological polar surface area (TPSA) is 56.0 Å². The van der Waals surface area contributed by atoms with Gasteiger partial charge in [0.2, 0.25) is 0 Å². The number of halogens is 3. The fraction of sp³-hybridized carbons (Fsp3) is 0.435. The molecule has 6 nitrogen and oxygen atoms in total. The summed E-state index contributed by atoms with van der Waals surface area (Å²) in [6.07, 6.45) is 5.42. The van der Waals surface area contributed by atoms with E-state index in [-0.39, 0.29) is 23.6 Å². The first-order valence-corrected chi connectivity index (χ1v) is 10.9. The van der Waals surface area contributed by atoms with Crippen LogP contribution in [0, 0.1) is 17.5 Å². The number of benzene rings is 1. The van der Waals surface area contributed by atoms with Gasteiger partial charge in [0.25, 0.3) is 5.91 Å². The van der Waals surface area contributed by atoms with Crippen molar-refractivity contribution < 1.29 is 18.0 Å². The van der Waals surface area contributed by atoms with Crippen molar-refractivity contribution in [2.24, 2.45) is 14.1 Å². The van der Waals surface area contributed by atoms with Crippen molar-refractivity contribution in [2.75, 3.05) is 0 Å². The van der Waals surface area contributed by atoms with Crippen molar-refractivity contribution in [2.45, 2.75) is 51.1 Å². The van der Waals surface area contributed by atoms with Crippen molar-refractivity contribution in [3.05, 3.63) is 58.3 Å². The number of fused-ring (bicyclic) bond motifs is 4. The number of hydrogen-bond acceptors (Lipinski definition) is 3. The monoisotopic (exact) mass is 443 g/mol. The molecular formula is C23H24F3N5O. The summed E-state index contributed by atoms with van der Waals surface area (Å²) < 4.78 is 44.7. The van der Waals surface area contributed by atoms with Crippen LogP contribution in [0.5, 0.6) is 0 Å². The van der Waals surface area contributed by atoms with E-state index < -0.39 is 17.5 Å². The molecule has 2 aromatic heterocycles. The summed E-state index contributed by atoms with van der Waals surface area (Å²) in [4.78, 5) is 15.5. The smallest absolute Gasteiger partial charge is 0.258 e. The third-order valence-electron chi connectivity index (χ3n) is 6.79. The number of carbonyl (C=O) groups excluding carboxylic acids is 1. The van der Waals surface area contributed by atoms with Crippen molar-refractivity contribution in [1.82, 2.24) is 24.5 Å². The van der Waals surface area contributed by atoms with Crippen LogP contribution in [0.3, 0.4) is 0 Å². The van der Waals surface area contributed by atoms with Gasteiger partial charge in [-0.15, -0.1) is 0 Å². The van der Waals surface area contributed by atoms with Crippen LogP contribution in [0.2, 0.25) is 0 Å². The van der Waals surface area contributed by atoms with Gasteiger partial charge in [-0.2, -0.15) is 10.2 Å². The van der Waals surface area contributed by atoms with Crippen LogP contribution < -0.4 is 0 Å². The second-order valence-electron chi connectivity index (χ2n) is 8.59. The molecule has 0 spiro atoms. The van der Waals surface area contributed by atoms with Gasteiger partial charge < -0.3 is 4.90 Å². The van der Waals surface area contributed by atoms with E-state index in [2.05, 4.69) is 10.2 Å². The van der Waals surface area contributed by atoms with E-state index in [0.29, 0.717) is 24.1 Å². The van der Waals surface area contributed by atoms with Crippen LogP contribution in [-0.4, -0.2) is 36.4 Å². The lowest BCUT2D eigenvalue weighted by Crippen LogP contribution is -2.50. The molecule has 0 radical (unpaired) electrons. The predicted octanol–water partition coefficient (Wildman–Crippen LogP) is 4.09. The summed E-state index contributed by atoms with van der Waals surface area (Å²) >= 11 is 0. The number of amides is 1.